The van der Waals surface area contributed by atoms with Crippen LogP contribution in [0, 0.1) is 0 Å². The molecule has 1 unspecified atom stereocenters. The van der Waals surface area contributed by atoms with Gasteiger partial charge in [-0.15, -0.1) is 10.2 Å². The Bertz CT molecular complexity index is 1300. The molecule has 3 aromatic rings. The third kappa shape index (κ3) is 6.48. The van der Waals surface area contributed by atoms with Crippen LogP contribution in [0.15, 0.2) is 41.6 Å². The van der Waals surface area contributed by atoms with Crippen molar-refractivity contribution in [1.82, 2.24) is 14.8 Å². The van der Waals surface area contributed by atoms with Crippen LogP contribution in [-0.2, 0) is 21.3 Å². The second-order valence-electron chi connectivity index (χ2n) is 7.31. The van der Waals surface area contributed by atoms with Gasteiger partial charge in [0.05, 0.1) is 41.8 Å². The number of hydrogen-bond donors (Lipinski definition) is 1. The van der Waals surface area contributed by atoms with Gasteiger partial charge in [0.2, 0.25) is 5.91 Å². The predicted octanol–water partition coefficient (Wildman–Crippen LogP) is 4.57. The zero-order chi connectivity index (χ0) is 26.4. The molecule has 0 bridgehead atoms. The van der Waals surface area contributed by atoms with Gasteiger partial charge in [-0.2, -0.15) is 0 Å². The molecule has 0 aliphatic carbocycles. The minimum atomic E-state index is -0.666. The molecule has 2 aromatic carbocycles. The van der Waals surface area contributed by atoms with Crippen molar-refractivity contribution in [2.75, 3.05) is 25.3 Å². The Morgan fingerprint density at radius 1 is 1.06 bits per heavy atom. The van der Waals surface area contributed by atoms with Gasteiger partial charge in [0, 0.05) is 18.1 Å². The molecule has 0 aliphatic rings. The fourth-order valence-corrected chi connectivity index (χ4v) is 4.16. The van der Waals surface area contributed by atoms with Gasteiger partial charge in [-0.05, 0) is 37.3 Å². The second-order valence-corrected chi connectivity index (χ2v) is 9.10. The zero-order valence-electron chi connectivity index (χ0n) is 19.7. The Morgan fingerprint density at radius 3 is 2.47 bits per heavy atom. The van der Waals surface area contributed by atoms with Crippen LogP contribution in [0.3, 0.4) is 0 Å². The van der Waals surface area contributed by atoms with E-state index in [1.807, 2.05) is 0 Å². The molecule has 1 N–H and O–H groups in total. The number of benzene rings is 2. The first-order valence-corrected chi connectivity index (χ1v) is 12.1. The maximum atomic E-state index is 12.7. The van der Waals surface area contributed by atoms with E-state index in [9.17, 15) is 14.4 Å². The molecule has 0 radical (unpaired) electrons. The van der Waals surface area contributed by atoms with E-state index in [2.05, 4.69) is 15.5 Å². The maximum Gasteiger partial charge on any atom is 0.339 e. The minimum Gasteiger partial charge on any atom is -0.481 e. The molecule has 0 aliphatic heterocycles. The lowest BCUT2D eigenvalue weighted by atomic mass is 10.1. The van der Waals surface area contributed by atoms with Gasteiger partial charge >= 0.3 is 11.9 Å². The second kappa shape index (κ2) is 12.1. The van der Waals surface area contributed by atoms with E-state index >= 15 is 0 Å². The van der Waals surface area contributed by atoms with Gasteiger partial charge in [-0.3, -0.25) is 4.79 Å². The molecule has 1 atom stereocenters. The molecule has 0 fully saturated rings. The van der Waals surface area contributed by atoms with Gasteiger partial charge in [0.1, 0.15) is 5.75 Å². The van der Waals surface area contributed by atoms with Crippen molar-refractivity contribution < 1.29 is 28.6 Å². The Morgan fingerprint density at radius 2 is 1.78 bits per heavy atom. The van der Waals surface area contributed by atoms with E-state index in [-0.39, 0.29) is 22.6 Å². The lowest BCUT2D eigenvalue weighted by Gasteiger charge is -2.15. The van der Waals surface area contributed by atoms with Crippen LogP contribution in [0.1, 0.15) is 39.6 Å². The fourth-order valence-electron chi connectivity index (χ4n) is 3.11. The molecule has 190 valence electrons. The number of esters is 2. The standard InChI is InChI=1S/C23H22Cl2N4O6S/c1-12(35-18-10-14(24)6-8-16(18)25)20-27-28-23(29(20)2)36-11-19(30)26-17-9-13(21(31)33-3)5-7-15(17)22(32)34-4/h5-10,12H,11H2,1-4H3,(H,26,30). The first-order chi connectivity index (χ1) is 17.1. The summed E-state index contributed by atoms with van der Waals surface area (Å²) in [6, 6.07) is 9.03. The largest absolute Gasteiger partial charge is 0.481 e. The van der Waals surface area contributed by atoms with E-state index in [1.165, 1.54) is 32.4 Å². The number of methoxy groups -OCH3 is 2. The zero-order valence-corrected chi connectivity index (χ0v) is 22.0. The van der Waals surface area contributed by atoms with Crippen LogP contribution in [0.2, 0.25) is 10.0 Å². The van der Waals surface area contributed by atoms with Gasteiger partial charge in [0.15, 0.2) is 17.1 Å². The summed E-state index contributed by atoms with van der Waals surface area (Å²) in [4.78, 5) is 36.6. The molecule has 3 rings (SSSR count). The molecule has 1 amide bonds. The Labute approximate surface area is 221 Å². The highest BCUT2D eigenvalue weighted by Crippen LogP contribution is 2.32. The average molecular weight is 553 g/mol. The number of carbonyl (C=O) groups is 3. The smallest absolute Gasteiger partial charge is 0.339 e. The Balaban J connectivity index is 1.69. The number of thioether (sulfide) groups is 1. The number of aromatic nitrogens is 3. The van der Waals surface area contributed by atoms with Crippen LogP contribution < -0.4 is 10.1 Å². The molecule has 10 nitrogen and oxygen atoms in total. The van der Waals surface area contributed by atoms with Crippen LogP contribution in [0.4, 0.5) is 5.69 Å². The molecule has 0 spiro atoms. The van der Waals surface area contributed by atoms with Gasteiger partial charge < -0.3 is 24.1 Å². The highest BCUT2D eigenvalue weighted by molar-refractivity contribution is 7.99. The van der Waals surface area contributed by atoms with Crippen molar-refractivity contribution in [1.29, 1.82) is 0 Å². The van der Waals surface area contributed by atoms with Crippen molar-refractivity contribution in [3.05, 3.63) is 63.4 Å². The van der Waals surface area contributed by atoms with E-state index in [1.54, 1.807) is 36.7 Å². The van der Waals surface area contributed by atoms with Crippen LogP contribution in [0.25, 0.3) is 0 Å². The van der Waals surface area contributed by atoms with Crippen LogP contribution >= 0.6 is 35.0 Å². The summed E-state index contributed by atoms with van der Waals surface area (Å²) < 4.78 is 17.0. The summed E-state index contributed by atoms with van der Waals surface area (Å²) in [5.74, 6) is -0.854. The number of hydrogen-bond acceptors (Lipinski definition) is 9. The van der Waals surface area contributed by atoms with Gasteiger partial charge in [-0.25, -0.2) is 9.59 Å². The maximum absolute atomic E-state index is 12.7. The van der Waals surface area contributed by atoms with E-state index in [0.29, 0.717) is 26.8 Å². The number of carbonyl (C=O) groups excluding carboxylic acids is 3. The summed E-state index contributed by atoms with van der Waals surface area (Å²) in [7, 11) is 4.19. The van der Waals surface area contributed by atoms with Gasteiger partial charge in [-0.1, -0.05) is 35.0 Å². The first kappa shape index (κ1) is 27.3. The predicted molar refractivity (Wildman–Crippen MR) is 135 cm³/mol. The molecule has 1 aromatic heterocycles. The molecule has 0 saturated heterocycles. The highest BCUT2D eigenvalue weighted by Gasteiger charge is 2.21. The number of halogens is 2. The van der Waals surface area contributed by atoms with Crippen molar-refractivity contribution >= 4 is 58.5 Å². The fraction of sp³-hybridized carbons (Fsp3) is 0.261. The lowest BCUT2D eigenvalue weighted by Crippen LogP contribution is -2.18. The number of amides is 1. The third-order valence-electron chi connectivity index (χ3n) is 4.88. The summed E-state index contributed by atoms with van der Waals surface area (Å²) in [6.07, 6.45) is -0.509. The quantitative estimate of drug-likeness (QED) is 0.300. The summed E-state index contributed by atoms with van der Waals surface area (Å²) in [5.41, 5.74) is 0.379. The number of rotatable bonds is 9. The number of anilines is 1. The van der Waals surface area contributed by atoms with Crippen LogP contribution in [0.5, 0.6) is 5.75 Å². The molecular formula is C23H22Cl2N4O6S. The summed E-state index contributed by atoms with van der Waals surface area (Å²) in [5, 5.41) is 12.3. The number of nitrogens with zero attached hydrogens (tertiary/aromatic N) is 3. The Kier molecular flexibility index (Phi) is 9.19. The summed E-state index contributed by atoms with van der Waals surface area (Å²) in [6.45, 7) is 1.78. The van der Waals surface area contributed by atoms with E-state index < -0.39 is 23.9 Å². The highest BCUT2D eigenvalue weighted by atomic mass is 35.5. The monoisotopic (exact) mass is 552 g/mol. The topological polar surface area (TPSA) is 122 Å². The molecular weight excluding hydrogens is 531 g/mol. The van der Waals surface area contributed by atoms with Crippen LogP contribution in [-0.4, -0.2) is 52.6 Å². The first-order valence-electron chi connectivity index (χ1n) is 10.4. The van der Waals surface area contributed by atoms with Crippen molar-refractivity contribution in [3.63, 3.8) is 0 Å². The normalized spacial score (nSPS) is 11.5. The number of nitrogens with one attached hydrogen (secondary N) is 1. The molecule has 0 saturated carbocycles. The SMILES string of the molecule is COC(=O)c1ccc(C(=O)OC)c(NC(=O)CSc2nnc(C(C)Oc3cc(Cl)ccc3Cl)n2C)c1. The van der Waals surface area contributed by atoms with E-state index in [4.69, 9.17) is 37.4 Å². The molecule has 13 heteroatoms. The van der Waals surface area contributed by atoms with E-state index in [0.717, 1.165) is 11.8 Å². The summed E-state index contributed by atoms with van der Waals surface area (Å²) >= 11 is 13.3. The average Bonchev–Trinajstić information content (AvgIpc) is 3.24. The third-order valence-corrected chi connectivity index (χ3v) is 6.45. The molecule has 36 heavy (non-hydrogen) atoms. The minimum absolute atomic E-state index is 0.0512. The van der Waals surface area contributed by atoms with Crippen molar-refractivity contribution in [2.45, 2.75) is 18.2 Å². The Hall–Kier alpha value is -3.28. The van der Waals surface area contributed by atoms with Crippen molar-refractivity contribution in [3.8, 4) is 5.75 Å². The van der Waals surface area contributed by atoms with Crippen molar-refractivity contribution in [2.24, 2.45) is 7.05 Å². The van der Waals surface area contributed by atoms with Gasteiger partial charge in [0.25, 0.3) is 0 Å². The number of ether oxygens (including phenoxy) is 3. The molecule has 1 heterocycles. The lowest BCUT2D eigenvalue weighted by molar-refractivity contribution is -0.113.